The Morgan fingerprint density at radius 2 is 1.79 bits per heavy atom. The molecule has 2 amide bonds. The van der Waals surface area contributed by atoms with Crippen molar-refractivity contribution in [3.63, 3.8) is 0 Å². The second-order valence-corrected chi connectivity index (χ2v) is 7.49. The SMILES string of the molecule is O=C(NC[C@H](c1ccco1)N1CCN(c2ccc(F)cc2)CC1)C(=O)NC1CC1. The molecule has 1 aliphatic carbocycles. The first-order valence-corrected chi connectivity index (χ1v) is 9.97. The van der Waals surface area contributed by atoms with Crippen molar-refractivity contribution in [1.29, 1.82) is 0 Å². The second kappa shape index (κ2) is 8.65. The first kappa shape index (κ1) is 19.4. The summed E-state index contributed by atoms with van der Waals surface area (Å²) in [6.45, 7) is 3.36. The van der Waals surface area contributed by atoms with E-state index in [0.717, 1.165) is 50.5 Å². The summed E-state index contributed by atoms with van der Waals surface area (Å²) in [4.78, 5) is 28.5. The number of carbonyl (C=O) groups excluding carboxylic acids is 2. The van der Waals surface area contributed by atoms with E-state index in [1.54, 1.807) is 18.4 Å². The summed E-state index contributed by atoms with van der Waals surface area (Å²) in [5.74, 6) is -0.680. The summed E-state index contributed by atoms with van der Waals surface area (Å²) in [6.07, 6.45) is 3.48. The predicted molar refractivity (Wildman–Crippen MR) is 106 cm³/mol. The van der Waals surface area contributed by atoms with Crippen LogP contribution < -0.4 is 15.5 Å². The van der Waals surface area contributed by atoms with Crippen LogP contribution in [0.2, 0.25) is 0 Å². The number of nitrogens with one attached hydrogen (secondary N) is 2. The highest BCUT2D eigenvalue weighted by Crippen LogP contribution is 2.24. The lowest BCUT2D eigenvalue weighted by molar-refractivity contribution is -0.139. The van der Waals surface area contributed by atoms with Crippen LogP contribution in [0, 0.1) is 5.82 Å². The van der Waals surface area contributed by atoms with Crippen LogP contribution >= 0.6 is 0 Å². The van der Waals surface area contributed by atoms with E-state index in [-0.39, 0.29) is 17.9 Å². The molecule has 1 atom stereocenters. The standard InChI is InChI=1S/C21H25FN4O3/c22-15-3-7-17(8-4-15)25-9-11-26(12-10-25)18(19-2-1-13-29-19)14-23-20(27)21(28)24-16-5-6-16/h1-4,7-8,13,16,18H,5-6,9-12,14H2,(H,23,27)(H,24,28)/t18-/m1/s1. The molecule has 1 aliphatic heterocycles. The molecule has 2 N–H and O–H groups in total. The molecule has 2 aliphatic rings. The van der Waals surface area contributed by atoms with Crippen molar-refractivity contribution in [2.75, 3.05) is 37.6 Å². The van der Waals surface area contributed by atoms with E-state index in [4.69, 9.17) is 4.42 Å². The first-order chi connectivity index (χ1) is 14.1. The van der Waals surface area contributed by atoms with Crippen molar-refractivity contribution in [2.24, 2.45) is 0 Å². The van der Waals surface area contributed by atoms with Gasteiger partial charge in [0, 0.05) is 44.5 Å². The highest BCUT2D eigenvalue weighted by atomic mass is 19.1. The van der Waals surface area contributed by atoms with Gasteiger partial charge in [-0.15, -0.1) is 0 Å². The van der Waals surface area contributed by atoms with Gasteiger partial charge in [0.1, 0.15) is 11.6 Å². The van der Waals surface area contributed by atoms with Crippen LogP contribution in [0.25, 0.3) is 0 Å². The topological polar surface area (TPSA) is 77.8 Å². The lowest BCUT2D eigenvalue weighted by Gasteiger charge is -2.39. The van der Waals surface area contributed by atoms with Gasteiger partial charge >= 0.3 is 11.8 Å². The number of hydrogen-bond donors (Lipinski definition) is 2. The van der Waals surface area contributed by atoms with E-state index in [0.29, 0.717) is 6.54 Å². The summed E-state index contributed by atoms with van der Waals surface area (Å²) < 4.78 is 18.8. The third-order valence-electron chi connectivity index (χ3n) is 5.39. The van der Waals surface area contributed by atoms with Gasteiger partial charge in [0.15, 0.2) is 0 Å². The molecule has 2 fully saturated rings. The number of rotatable bonds is 6. The van der Waals surface area contributed by atoms with Crippen LogP contribution in [0.3, 0.4) is 0 Å². The van der Waals surface area contributed by atoms with Crippen LogP contribution in [-0.4, -0.2) is 55.5 Å². The van der Waals surface area contributed by atoms with Crippen LogP contribution in [0.1, 0.15) is 24.6 Å². The van der Waals surface area contributed by atoms with E-state index in [9.17, 15) is 14.0 Å². The number of carbonyl (C=O) groups is 2. The number of hydrogen-bond acceptors (Lipinski definition) is 5. The summed E-state index contributed by atoms with van der Waals surface area (Å²) in [5, 5.41) is 5.44. The molecule has 0 radical (unpaired) electrons. The minimum atomic E-state index is -0.613. The van der Waals surface area contributed by atoms with Crippen LogP contribution in [0.5, 0.6) is 0 Å². The molecule has 2 aromatic rings. The second-order valence-electron chi connectivity index (χ2n) is 7.49. The summed E-state index contributed by atoms with van der Waals surface area (Å²) >= 11 is 0. The number of benzene rings is 1. The molecular formula is C21H25FN4O3. The highest BCUT2D eigenvalue weighted by Gasteiger charge is 2.30. The zero-order chi connectivity index (χ0) is 20.2. The molecule has 1 saturated carbocycles. The average molecular weight is 400 g/mol. The van der Waals surface area contributed by atoms with E-state index in [1.807, 2.05) is 12.1 Å². The van der Waals surface area contributed by atoms with E-state index in [1.165, 1.54) is 12.1 Å². The molecule has 0 bridgehead atoms. The number of nitrogens with zero attached hydrogens (tertiary/aromatic N) is 2. The smallest absolute Gasteiger partial charge is 0.309 e. The van der Waals surface area contributed by atoms with Gasteiger partial charge in [-0.25, -0.2) is 4.39 Å². The Labute approximate surface area is 168 Å². The van der Waals surface area contributed by atoms with Gasteiger partial charge in [0.2, 0.25) is 0 Å². The van der Waals surface area contributed by atoms with Gasteiger partial charge in [-0.3, -0.25) is 14.5 Å². The maximum absolute atomic E-state index is 13.2. The average Bonchev–Trinajstić information content (AvgIpc) is 3.39. The Morgan fingerprint density at radius 1 is 1.07 bits per heavy atom. The molecule has 154 valence electrons. The Kier molecular flexibility index (Phi) is 5.80. The fourth-order valence-corrected chi connectivity index (χ4v) is 3.58. The maximum Gasteiger partial charge on any atom is 0.309 e. The number of halogens is 1. The maximum atomic E-state index is 13.2. The van der Waals surface area contributed by atoms with Gasteiger partial charge in [-0.2, -0.15) is 0 Å². The summed E-state index contributed by atoms with van der Waals surface area (Å²) in [7, 11) is 0. The lowest BCUT2D eigenvalue weighted by Crippen LogP contribution is -2.51. The van der Waals surface area contributed by atoms with Gasteiger partial charge in [-0.05, 0) is 49.2 Å². The first-order valence-electron chi connectivity index (χ1n) is 9.97. The van der Waals surface area contributed by atoms with Crippen molar-refractivity contribution in [3.05, 3.63) is 54.2 Å². The van der Waals surface area contributed by atoms with E-state index < -0.39 is 11.8 Å². The number of anilines is 1. The van der Waals surface area contributed by atoms with Gasteiger partial charge in [-0.1, -0.05) is 0 Å². The minimum Gasteiger partial charge on any atom is -0.468 e. The molecule has 8 heteroatoms. The van der Waals surface area contributed by atoms with Gasteiger partial charge in [0.05, 0.1) is 12.3 Å². The normalized spacial score (nSPS) is 18.3. The zero-order valence-electron chi connectivity index (χ0n) is 16.1. The molecule has 29 heavy (non-hydrogen) atoms. The molecule has 1 saturated heterocycles. The quantitative estimate of drug-likeness (QED) is 0.722. The molecule has 0 spiro atoms. The van der Waals surface area contributed by atoms with Crippen molar-refractivity contribution in [2.45, 2.75) is 24.9 Å². The molecule has 1 aromatic heterocycles. The van der Waals surface area contributed by atoms with Gasteiger partial charge in [0.25, 0.3) is 0 Å². The Morgan fingerprint density at radius 3 is 2.41 bits per heavy atom. The Bertz CT molecular complexity index is 828. The molecule has 4 rings (SSSR count). The molecule has 2 heterocycles. The number of furan rings is 1. The van der Waals surface area contributed by atoms with E-state index in [2.05, 4.69) is 20.4 Å². The zero-order valence-corrected chi connectivity index (χ0v) is 16.1. The van der Waals surface area contributed by atoms with Crippen molar-refractivity contribution in [3.8, 4) is 0 Å². The monoisotopic (exact) mass is 400 g/mol. The highest BCUT2D eigenvalue weighted by molar-refractivity contribution is 6.35. The minimum absolute atomic E-state index is 0.147. The third kappa shape index (κ3) is 4.95. The molecular weight excluding hydrogens is 375 g/mol. The van der Waals surface area contributed by atoms with Crippen molar-refractivity contribution >= 4 is 17.5 Å². The predicted octanol–water partition coefficient (Wildman–Crippen LogP) is 1.68. The van der Waals surface area contributed by atoms with Crippen molar-refractivity contribution < 1.29 is 18.4 Å². The van der Waals surface area contributed by atoms with Crippen LogP contribution in [0.15, 0.2) is 47.1 Å². The van der Waals surface area contributed by atoms with E-state index >= 15 is 0 Å². The molecule has 1 aromatic carbocycles. The lowest BCUT2D eigenvalue weighted by atomic mass is 10.1. The molecule has 7 nitrogen and oxygen atoms in total. The largest absolute Gasteiger partial charge is 0.468 e. The fraction of sp³-hybridized carbons (Fsp3) is 0.429. The summed E-state index contributed by atoms with van der Waals surface area (Å²) in [6, 6.07) is 10.2. The molecule has 0 unspecified atom stereocenters. The fourth-order valence-electron chi connectivity index (χ4n) is 3.58. The van der Waals surface area contributed by atoms with Gasteiger partial charge < -0.3 is 20.0 Å². The third-order valence-corrected chi connectivity index (χ3v) is 5.39. The van der Waals surface area contributed by atoms with Crippen LogP contribution in [0.4, 0.5) is 10.1 Å². The Balaban J connectivity index is 1.35. The van der Waals surface area contributed by atoms with Crippen LogP contribution in [-0.2, 0) is 9.59 Å². The number of piperazine rings is 1. The number of amides is 2. The summed E-state index contributed by atoms with van der Waals surface area (Å²) in [5.41, 5.74) is 0.991. The van der Waals surface area contributed by atoms with Crippen molar-refractivity contribution in [1.82, 2.24) is 15.5 Å². The Hall–Kier alpha value is -2.87.